The number of benzene rings is 1. The van der Waals surface area contributed by atoms with Crippen molar-refractivity contribution in [3.63, 3.8) is 0 Å². The Labute approximate surface area is 176 Å². The van der Waals surface area contributed by atoms with Crippen LogP contribution < -0.4 is 20.1 Å². The second-order valence-electron chi connectivity index (χ2n) is 8.41. The highest BCUT2D eigenvalue weighted by molar-refractivity contribution is 6.09. The van der Waals surface area contributed by atoms with Crippen LogP contribution in [0.15, 0.2) is 18.2 Å². The lowest BCUT2D eigenvalue weighted by Crippen LogP contribution is -2.45. The Morgan fingerprint density at radius 3 is 2.53 bits per heavy atom. The van der Waals surface area contributed by atoms with Gasteiger partial charge in [0.1, 0.15) is 12.1 Å². The molecule has 8 heteroatoms. The zero-order chi connectivity index (χ0) is 21.1. The van der Waals surface area contributed by atoms with Gasteiger partial charge in [0.05, 0.1) is 13.2 Å². The minimum atomic E-state index is -1.26. The summed E-state index contributed by atoms with van der Waals surface area (Å²) in [7, 11) is 0. The van der Waals surface area contributed by atoms with E-state index in [-0.39, 0.29) is 18.5 Å². The molecule has 162 valence electrons. The Morgan fingerprint density at radius 1 is 1.10 bits per heavy atom. The van der Waals surface area contributed by atoms with Crippen molar-refractivity contribution in [2.24, 2.45) is 0 Å². The lowest BCUT2D eigenvalue weighted by Gasteiger charge is -2.23. The van der Waals surface area contributed by atoms with Gasteiger partial charge in [-0.2, -0.15) is 0 Å². The van der Waals surface area contributed by atoms with Crippen LogP contribution in [0, 0.1) is 0 Å². The molecule has 0 unspecified atom stereocenters. The molecule has 2 fully saturated rings. The number of nitrogens with one attached hydrogen (secondary N) is 2. The third kappa shape index (κ3) is 4.08. The van der Waals surface area contributed by atoms with Crippen molar-refractivity contribution in [1.29, 1.82) is 0 Å². The maximum atomic E-state index is 13.1. The second-order valence-corrected chi connectivity index (χ2v) is 8.41. The number of rotatable bonds is 4. The van der Waals surface area contributed by atoms with E-state index < -0.39 is 17.5 Å². The number of hydrogen-bond donors (Lipinski definition) is 2. The predicted molar refractivity (Wildman–Crippen MR) is 109 cm³/mol. The third-order valence-corrected chi connectivity index (χ3v) is 6.12. The van der Waals surface area contributed by atoms with Crippen LogP contribution in [0.1, 0.15) is 57.4 Å². The number of carbonyl (C=O) groups is 3. The Bertz CT molecular complexity index is 834. The first-order valence-corrected chi connectivity index (χ1v) is 10.8. The fraction of sp³-hybridized carbons (Fsp3) is 0.591. The highest BCUT2D eigenvalue weighted by Gasteiger charge is 2.49. The molecule has 8 nitrogen and oxygen atoms in total. The summed E-state index contributed by atoms with van der Waals surface area (Å²) in [5.41, 5.74) is -0.665. The topological polar surface area (TPSA) is 97.0 Å². The Morgan fingerprint density at radius 2 is 1.80 bits per heavy atom. The van der Waals surface area contributed by atoms with Crippen molar-refractivity contribution in [1.82, 2.24) is 15.5 Å². The average molecular weight is 415 g/mol. The quantitative estimate of drug-likeness (QED) is 0.582. The van der Waals surface area contributed by atoms with Gasteiger partial charge < -0.3 is 20.1 Å². The molecule has 0 radical (unpaired) electrons. The van der Waals surface area contributed by atoms with Crippen LogP contribution in [-0.4, -0.2) is 48.5 Å². The van der Waals surface area contributed by atoms with E-state index in [9.17, 15) is 14.4 Å². The van der Waals surface area contributed by atoms with Crippen LogP contribution in [0.5, 0.6) is 11.5 Å². The molecule has 2 aliphatic heterocycles. The van der Waals surface area contributed by atoms with Crippen LogP contribution in [0.3, 0.4) is 0 Å². The molecule has 1 saturated carbocycles. The molecule has 4 amide bonds. The number of imide groups is 1. The van der Waals surface area contributed by atoms with Gasteiger partial charge in [-0.3, -0.25) is 14.5 Å². The standard InChI is InChI=1S/C22H29N3O5/c1-22(15-9-10-17-18(13-15)30-12-6-11-29-17)20(27)25(21(28)24-22)14-19(26)23-16-7-4-2-3-5-8-16/h9-10,13,16H,2-8,11-12,14H2,1H3,(H,23,26)(H,24,28)/t22-/m0/s1. The molecule has 0 spiro atoms. The smallest absolute Gasteiger partial charge is 0.325 e. The van der Waals surface area contributed by atoms with Crippen molar-refractivity contribution >= 4 is 17.8 Å². The minimum Gasteiger partial charge on any atom is -0.490 e. The lowest BCUT2D eigenvalue weighted by atomic mass is 9.91. The van der Waals surface area contributed by atoms with Crippen LogP contribution in [-0.2, 0) is 15.1 Å². The lowest BCUT2D eigenvalue weighted by molar-refractivity contribution is -0.135. The van der Waals surface area contributed by atoms with Crippen molar-refractivity contribution in [2.45, 2.75) is 63.5 Å². The maximum absolute atomic E-state index is 13.1. The highest BCUT2D eigenvalue weighted by atomic mass is 16.5. The second kappa shape index (κ2) is 8.53. The number of hydrogen-bond acceptors (Lipinski definition) is 5. The van der Waals surface area contributed by atoms with Gasteiger partial charge in [0.15, 0.2) is 11.5 Å². The molecule has 30 heavy (non-hydrogen) atoms. The van der Waals surface area contributed by atoms with Crippen LogP contribution in [0.4, 0.5) is 4.79 Å². The van der Waals surface area contributed by atoms with Crippen LogP contribution >= 0.6 is 0 Å². The Hall–Kier alpha value is -2.77. The molecule has 1 aliphatic carbocycles. The summed E-state index contributed by atoms with van der Waals surface area (Å²) in [5, 5.41) is 5.74. The van der Waals surface area contributed by atoms with E-state index in [4.69, 9.17) is 9.47 Å². The van der Waals surface area contributed by atoms with E-state index >= 15 is 0 Å². The van der Waals surface area contributed by atoms with Gasteiger partial charge in [-0.25, -0.2) is 4.79 Å². The summed E-state index contributed by atoms with van der Waals surface area (Å²) in [5.74, 6) is 0.431. The first-order chi connectivity index (χ1) is 14.5. The van der Waals surface area contributed by atoms with E-state index in [0.717, 1.165) is 37.0 Å². The monoisotopic (exact) mass is 415 g/mol. The van der Waals surface area contributed by atoms with E-state index in [1.54, 1.807) is 25.1 Å². The van der Waals surface area contributed by atoms with E-state index in [2.05, 4.69) is 10.6 Å². The molecule has 0 aromatic heterocycles. The van der Waals surface area contributed by atoms with Gasteiger partial charge in [-0.05, 0) is 37.5 Å². The zero-order valence-electron chi connectivity index (χ0n) is 17.4. The molecule has 1 aromatic carbocycles. The first kappa shape index (κ1) is 20.5. The first-order valence-electron chi connectivity index (χ1n) is 10.8. The zero-order valence-corrected chi connectivity index (χ0v) is 17.4. The van der Waals surface area contributed by atoms with Crippen molar-refractivity contribution in [3.05, 3.63) is 23.8 Å². The van der Waals surface area contributed by atoms with Crippen LogP contribution in [0.2, 0.25) is 0 Å². The number of nitrogens with zero attached hydrogens (tertiary/aromatic N) is 1. The number of ether oxygens (including phenoxy) is 2. The fourth-order valence-electron chi connectivity index (χ4n) is 4.35. The van der Waals surface area contributed by atoms with Gasteiger partial charge in [0, 0.05) is 12.5 Å². The SMILES string of the molecule is C[C@@]1(c2ccc3c(c2)OCCCO3)NC(=O)N(CC(=O)NC2CCCCCC2)C1=O. The van der Waals surface area contributed by atoms with Gasteiger partial charge in [0.2, 0.25) is 5.91 Å². The van der Waals surface area contributed by atoms with Gasteiger partial charge in [-0.15, -0.1) is 0 Å². The summed E-state index contributed by atoms with van der Waals surface area (Å²) in [6.07, 6.45) is 7.23. The normalized spacial score (nSPS) is 24.8. The summed E-state index contributed by atoms with van der Waals surface area (Å²) >= 11 is 0. The van der Waals surface area contributed by atoms with Gasteiger partial charge >= 0.3 is 6.03 Å². The molecule has 2 N–H and O–H groups in total. The fourth-order valence-corrected chi connectivity index (χ4v) is 4.35. The number of fused-ring (bicyclic) bond motifs is 1. The molecule has 1 saturated heterocycles. The molecular formula is C22H29N3O5. The summed E-state index contributed by atoms with van der Waals surface area (Å²) in [4.78, 5) is 39.2. The summed E-state index contributed by atoms with van der Waals surface area (Å²) < 4.78 is 11.4. The van der Waals surface area contributed by atoms with Crippen molar-refractivity contribution in [2.75, 3.05) is 19.8 Å². The van der Waals surface area contributed by atoms with E-state index in [0.29, 0.717) is 30.3 Å². The summed E-state index contributed by atoms with van der Waals surface area (Å²) in [6.45, 7) is 2.47. The minimum absolute atomic E-state index is 0.119. The molecule has 1 atom stereocenters. The maximum Gasteiger partial charge on any atom is 0.325 e. The average Bonchev–Trinajstić information content (AvgIpc) is 3.02. The molecule has 1 aromatic rings. The molecule has 4 rings (SSSR count). The molecule has 0 bridgehead atoms. The van der Waals surface area contributed by atoms with E-state index in [1.165, 1.54) is 12.8 Å². The van der Waals surface area contributed by atoms with Gasteiger partial charge in [0.25, 0.3) is 5.91 Å². The molecular weight excluding hydrogens is 386 g/mol. The Balaban J connectivity index is 1.46. The highest BCUT2D eigenvalue weighted by Crippen LogP contribution is 2.36. The summed E-state index contributed by atoms with van der Waals surface area (Å²) in [6, 6.07) is 4.79. The van der Waals surface area contributed by atoms with Gasteiger partial charge in [-0.1, -0.05) is 31.7 Å². The predicted octanol–water partition coefficient (Wildman–Crippen LogP) is 2.45. The molecule has 3 aliphatic rings. The number of amides is 4. The molecule has 2 heterocycles. The Kier molecular flexibility index (Phi) is 5.83. The third-order valence-electron chi connectivity index (χ3n) is 6.12. The number of urea groups is 1. The van der Waals surface area contributed by atoms with Crippen molar-refractivity contribution < 1.29 is 23.9 Å². The number of carbonyl (C=O) groups excluding carboxylic acids is 3. The largest absolute Gasteiger partial charge is 0.490 e. The van der Waals surface area contributed by atoms with Crippen LogP contribution in [0.25, 0.3) is 0 Å². The van der Waals surface area contributed by atoms with Crippen molar-refractivity contribution in [3.8, 4) is 11.5 Å². The van der Waals surface area contributed by atoms with E-state index in [1.807, 2.05) is 0 Å².